The highest BCUT2D eigenvalue weighted by molar-refractivity contribution is 7.80. The number of hydrogen-bond donors (Lipinski definition) is 2. The third-order valence-electron chi connectivity index (χ3n) is 4.26. The number of likely N-dealkylation sites (tertiary alicyclic amines) is 1. The van der Waals surface area contributed by atoms with Gasteiger partial charge in [0.1, 0.15) is 0 Å². The van der Waals surface area contributed by atoms with Gasteiger partial charge in [0.2, 0.25) is 11.8 Å². The molecule has 3 N–H and O–H groups in total. The number of thiocarbonyl (C=S) groups is 1. The molecule has 2 fully saturated rings. The molecule has 6 heteroatoms. The maximum atomic E-state index is 12.5. The van der Waals surface area contributed by atoms with Crippen LogP contribution in [0.15, 0.2) is 0 Å². The number of nitrogens with two attached hydrogens (primary N) is 1. The van der Waals surface area contributed by atoms with Crippen LogP contribution in [0.25, 0.3) is 0 Å². The van der Waals surface area contributed by atoms with Gasteiger partial charge in [-0.2, -0.15) is 0 Å². The zero-order valence-electron chi connectivity index (χ0n) is 11.4. The van der Waals surface area contributed by atoms with Crippen LogP contribution in [-0.4, -0.2) is 40.8 Å². The number of carbonyl (C=O) groups is 2. The molecule has 5 nitrogen and oxygen atoms in total. The molecule has 2 aliphatic heterocycles. The molecule has 2 atom stereocenters. The second-order valence-corrected chi connectivity index (χ2v) is 6.44. The number of hydrogen-bond acceptors (Lipinski definition) is 3. The van der Waals surface area contributed by atoms with E-state index in [-0.39, 0.29) is 22.8 Å². The first-order chi connectivity index (χ1) is 8.82. The average Bonchev–Trinajstić information content (AvgIpc) is 2.37. The van der Waals surface area contributed by atoms with Crippen molar-refractivity contribution in [3.63, 3.8) is 0 Å². The summed E-state index contributed by atoms with van der Waals surface area (Å²) in [4.78, 5) is 25.9. The summed E-state index contributed by atoms with van der Waals surface area (Å²) in [7, 11) is 0. The van der Waals surface area contributed by atoms with E-state index in [0.717, 1.165) is 12.8 Å². The van der Waals surface area contributed by atoms with Gasteiger partial charge >= 0.3 is 0 Å². The minimum atomic E-state index is -0.792. The minimum absolute atomic E-state index is 0.00431. The van der Waals surface area contributed by atoms with E-state index in [0.29, 0.717) is 25.4 Å². The van der Waals surface area contributed by atoms with Crippen LogP contribution in [0.3, 0.4) is 0 Å². The highest BCUT2D eigenvalue weighted by Gasteiger charge is 2.40. The number of amides is 2. The zero-order chi connectivity index (χ0) is 14.2. The molecule has 0 bridgehead atoms. The van der Waals surface area contributed by atoms with Gasteiger partial charge in [0.25, 0.3) is 0 Å². The van der Waals surface area contributed by atoms with Crippen LogP contribution in [0.1, 0.15) is 33.1 Å². The number of nitrogens with one attached hydrogen (secondary N) is 1. The van der Waals surface area contributed by atoms with Crippen LogP contribution < -0.4 is 11.1 Å². The molecule has 2 heterocycles. The maximum absolute atomic E-state index is 12.5. The molecule has 2 unspecified atom stereocenters. The SMILES string of the molecule is CC(C)(C(=O)N1CCC2NC(=O)CCC2C1)C(N)=S. The number of fused-ring (bicyclic) bond motifs is 1. The summed E-state index contributed by atoms with van der Waals surface area (Å²) in [6.45, 7) is 4.89. The van der Waals surface area contributed by atoms with E-state index in [1.807, 2.05) is 4.90 Å². The molecule has 0 aromatic rings. The van der Waals surface area contributed by atoms with Crippen LogP contribution in [0, 0.1) is 11.3 Å². The third-order valence-corrected chi connectivity index (χ3v) is 4.77. The molecule has 0 aromatic carbocycles. The zero-order valence-corrected chi connectivity index (χ0v) is 12.3. The third kappa shape index (κ3) is 2.73. The Morgan fingerprint density at radius 1 is 1.47 bits per heavy atom. The van der Waals surface area contributed by atoms with Crippen molar-refractivity contribution in [2.75, 3.05) is 13.1 Å². The van der Waals surface area contributed by atoms with Gasteiger partial charge in [0.15, 0.2) is 0 Å². The Hall–Kier alpha value is -1.17. The lowest BCUT2D eigenvalue weighted by molar-refractivity contribution is -0.140. The van der Waals surface area contributed by atoms with Crippen LogP contribution in [-0.2, 0) is 9.59 Å². The van der Waals surface area contributed by atoms with Gasteiger partial charge in [0, 0.05) is 25.6 Å². The summed E-state index contributed by atoms with van der Waals surface area (Å²) < 4.78 is 0. The average molecular weight is 283 g/mol. The van der Waals surface area contributed by atoms with Gasteiger partial charge in [-0.25, -0.2) is 0 Å². The Kier molecular flexibility index (Phi) is 3.80. The normalized spacial score (nSPS) is 27.5. The number of rotatable bonds is 2. The van der Waals surface area contributed by atoms with Crippen molar-refractivity contribution in [1.29, 1.82) is 0 Å². The molecular formula is C13H21N3O2S. The first-order valence-corrected chi connectivity index (χ1v) is 7.12. The Bertz CT molecular complexity index is 422. The topological polar surface area (TPSA) is 75.4 Å². The predicted octanol–water partition coefficient (Wildman–Crippen LogP) is 0.426. The predicted molar refractivity (Wildman–Crippen MR) is 76.4 cm³/mol. The fourth-order valence-electron chi connectivity index (χ4n) is 2.80. The quantitative estimate of drug-likeness (QED) is 0.721. The molecule has 2 aliphatic rings. The molecule has 2 rings (SSSR count). The van der Waals surface area contributed by atoms with Crippen LogP contribution in [0.5, 0.6) is 0 Å². The summed E-state index contributed by atoms with van der Waals surface area (Å²) in [6.07, 6.45) is 2.23. The molecule has 0 radical (unpaired) electrons. The monoisotopic (exact) mass is 283 g/mol. The molecule has 2 saturated heterocycles. The fraction of sp³-hybridized carbons (Fsp3) is 0.769. The lowest BCUT2D eigenvalue weighted by Gasteiger charge is -2.43. The summed E-state index contributed by atoms with van der Waals surface area (Å²) in [5.74, 6) is 0.484. The highest BCUT2D eigenvalue weighted by atomic mass is 32.1. The molecule has 106 valence electrons. The number of piperidine rings is 2. The molecule has 0 spiro atoms. The van der Waals surface area contributed by atoms with E-state index < -0.39 is 5.41 Å². The second-order valence-electron chi connectivity index (χ2n) is 6.00. The Balaban J connectivity index is 2.03. The summed E-state index contributed by atoms with van der Waals surface area (Å²) in [6, 6.07) is 0.221. The van der Waals surface area contributed by atoms with E-state index in [1.54, 1.807) is 13.8 Å². The minimum Gasteiger partial charge on any atom is -0.392 e. The van der Waals surface area contributed by atoms with Gasteiger partial charge in [-0.05, 0) is 32.6 Å². The van der Waals surface area contributed by atoms with E-state index in [1.165, 1.54) is 0 Å². The molecule has 19 heavy (non-hydrogen) atoms. The van der Waals surface area contributed by atoms with Crippen LogP contribution >= 0.6 is 12.2 Å². The van der Waals surface area contributed by atoms with E-state index in [4.69, 9.17) is 18.0 Å². The molecular weight excluding hydrogens is 262 g/mol. The Morgan fingerprint density at radius 3 is 2.79 bits per heavy atom. The maximum Gasteiger partial charge on any atom is 0.235 e. The summed E-state index contributed by atoms with van der Waals surface area (Å²) >= 11 is 4.98. The summed E-state index contributed by atoms with van der Waals surface area (Å²) in [5, 5.41) is 3.01. The van der Waals surface area contributed by atoms with Crippen molar-refractivity contribution in [3.8, 4) is 0 Å². The first-order valence-electron chi connectivity index (χ1n) is 6.71. The lowest BCUT2D eigenvalue weighted by Crippen LogP contribution is -2.57. The summed E-state index contributed by atoms with van der Waals surface area (Å²) in [5.41, 5.74) is 4.86. The largest absolute Gasteiger partial charge is 0.392 e. The van der Waals surface area contributed by atoms with Crippen LogP contribution in [0.2, 0.25) is 0 Å². The molecule has 0 aliphatic carbocycles. The second kappa shape index (κ2) is 5.07. The van der Waals surface area contributed by atoms with Gasteiger partial charge in [-0.15, -0.1) is 0 Å². The van der Waals surface area contributed by atoms with Crippen molar-refractivity contribution in [2.45, 2.75) is 39.2 Å². The van der Waals surface area contributed by atoms with E-state index in [2.05, 4.69) is 5.32 Å². The number of carbonyl (C=O) groups excluding carboxylic acids is 2. The van der Waals surface area contributed by atoms with E-state index in [9.17, 15) is 9.59 Å². The van der Waals surface area contributed by atoms with Gasteiger partial charge in [0.05, 0.1) is 10.4 Å². The smallest absolute Gasteiger partial charge is 0.235 e. The molecule has 0 saturated carbocycles. The Morgan fingerprint density at radius 2 is 2.16 bits per heavy atom. The fourth-order valence-corrected chi connectivity index (χ4v) is 2.88. The van der Waals surface area contributed by atoms with Gasteiger partial charge < -0.3 is 16.0 Å². The van der Waals surface area contributed by atoms with Crippen molar-refractivity contribution >= 4 is 29.0 Å². The van der Waals surface area contributed by atoms with Crippen molar-refractivity contribution in [1.82, 2.24) is 10.2 Å². The lowest BCUT2D eigenvalue weighted by atomic mass is 9.83. The van der Waals surface area contributed by atoms with Crippen molar-refractivity contribution in [3.05, 3.63) is 0 Å². The Labute approximate surface area is 118 Å². The highest BCUT2D eigenvalue weighted by Crippen LogP contribution is 2.28. The van der Waals surface area contributed by atoms with Gasteiger partial charge in [-0.1, -0.05) is 12.2 Å². The first kappa shape index (κ1) is 14.2. The number of nitrogens with zero attached hydrogens (tertiary/aromatic N) is 1. The van der Waals surface area contributed by atoms with E-state index >= 15 is 0 Å². The molecule has 0 aromatic heterocycles. The van der Waals surface area contributed by atoms with Crippen molar-refractivity contribution in [2.24, 2.45) is 17.1 Å². The standard InChI is InChI=1S/C13H21N3O2S/c1-13(2,11(14)19)12(18)16-6-5-9-8(7-16)3-4-10(17)15-9/h8-9H,3-7H2,1-2H3,(H2,14,19)(H,15,17). The van der Waals surface area contributed by atoms with Crippen LogP contribution in [0.4, 0.5) is 0 Å². The van der Waals surface area contributed by atoms with Gasteiger partial charge in [-0.3, -0.25) is 9.59 Å². The van der Waals surface area contributed by atoms with Crippen molar-refractivity contribution < 1.29 is 9.59 Å². The molecule has 2 amide bonds.